The second kappa shape index (κ2) is 5.06. The molecule has 0 atom stereocenters. The monoisotopic (exact) mass is 267 g/mol. The Morgan fingerprint density at radius 3 is 2.63 bits per heavy atom. The summed E-state index contributed by atoms with van der Waals surface area (Å²) in [7, 11) is 0. The van der Waals surface area contributed by atoms with Crippen LogP contribution in [0.2, 0.25) is 0 Å². The SMILES string of the molecule is N#Cc1cc(-c2ccco2)ccc1OCC(F)(F)F. The molecule has 0 N–H and O–H groups in total. The summed E-state index contributed by atoms with van der Waals surface area (Å²) >= 11 is 0. The van der Waals surface area contributed by atoms with Crippen molar-refractivity contribution < 1.29 is 22.3 Å². The summed E-state index contributed by atoms with van der Waals surface area (Å²) in [5, 5.41) is 8.93. The molecule has 0 saturated carbocycles. The summed E-state index contributed by atoms with van der Waals surface area (Å²) in [6.07, 6.45) is -2.97. The molecule has 0 spiro atoms. The van der Waals surface area contributed by atoms with Gasteiger partial charge in [0.25, 0.3) is 0 Å². The number of hydrogen-bond donors (Lipinski definition) is 0. The van der Waals surface area contributed by atoms with Crippen LogP contribution in [0, 0.1) is 11.3 Å². The van der Waals surface area contributed by atoms with E-state index < -0.39 is 12.8 Å². The van der Waals surface area contributed by atoms with Gasteiger partial charge in [-0.25, -0.2) is 0 Å². The van der Waals surface area contributed by atoms with Gasteiger partial charge in [-0.1, -0.05) is 0 Å². The highest BCUT2D eigenvalue weighted by Crippen LogP contribution is 2.27. The molecule has 0 unspecified atom stereocenters. The van der Waals surface area contributed by atoms with Crippen LogP contribution in [0.3, 0.4) is 0 Å². The van der Waals surface area contributed by atoms with Crippen LogP contribution in [0.1, 0.15) is 5.56 Å². The second-order valence-corrected chi connectivity index (χ2v) is 3.70. The lowest BCUT2D eigenvalue weighted by molar-refractivity contribution is -0.153. The minimum absolute atomic E-state index is 0.0261. The van der Waals surface area contributed by atoms with E-state index in [1.807, 2.05) is 0 Å². The normalized spacial score (nSPS) is 11.1. The average Bonchev–Trinajstić information content (AvgIpc) is 2.89. The molecule has 98 valence electrons. The molecule has 2 aromatic rings. The molecule has 0 bridgehead atoms. The number of halogens is 3. The van der Waals surface area contributed by atoms with Crippen LogP contribution in [0.15, 0.2) is 41.0 Å². The van der Waals surface area contributed by atoms with Gasteiger partial charge in [-0.15, -0.1) is 0 Å². The number of hydrogen-bond acceptors (Lipinski definition) is 3. The maximum Gasteiger partial charge on any atom is 0.422 e. The summed E-state index contributed by atoms with van der Waals surface area (Å²) in [5.41, 5.74) is 0.624. The third-order valence-electron chi connectivity index (χ3n) is 2.30. The van der Waals surface area contributed by atoms with Crippen LogP contribution in [-0.4, -0.2) is 12.8 Å². The van der Waals surface area contributed by atoms with Crippen molar-refractivity contribution in [3.63, 3.8) is 0 Å². The molecule has 2 rings (SSSR count). The average molecular weight is 267 g/mol. The Balaban J connectivity index is 2.25. The smallest absolute Gasteiger partial charge is 0.422 e. The van der Waals surface area contributed by atoms with Crippen LogP contribution in [0.4, 0.5) is 13.2 Å². The third kappa shape index (κ3) is 3.28. The van der Waals surface area contributed by atoms with Crippen molar-refractivity contribution in [3.05, 3.63) is 42.2 Å². The van der Waals surface area contributed by atoms with Crippen LogP contribution < -0.4 is 4.74 Å². The number of benzene rings is 1. The lowest BCUT2D eigenvalue weighted by Crippen LogP contribution is -2.19. The van der Waals surface area contributed by atoms with Crippen molar-refractivity contribution >= 4 is 0 Å². The molecule has 0 amide bonds. The van der Waals surface area contributed by atoms with Gasteiger partial charge in [-0.05, 0) is 30.3 Å². The fourth-order valence-corrected chi connectivity index (χ4v) is 1.50. The van der Waals surface area contributed by atoms with E-state index in [-0.39, 0.29) is 11.3 Å². The van der Waals surface area contributed by atoms with Gasteiger partial charge < -0.3 is 9.15 Å². The lowest BCUT2D eigenvalue weighted by Gasteiger charge is -2.10. The number of furan rings is 1. The standard InChI is InChI=1S/C13H8F3NO2/c14-13(15,16)8-19-12-4-3-9(6-10(12)7-17)11-2-1-5-18-11/h1-6H,8H2. The molecule has 0 aliphatic rings. The van der Waals surface area contributed by atoms with E-state index in [0.717, 1.165) is 0 Å². The fraction of sp³-hybridized carbons (Fsp3) is 0.154. The molecule has 0 aliphatic heterocycles. The Hall–Kier alpha value is -2.42. The zero-order chi connectivity index (χ0) is 13.9. The van der Waals surface area contributed by atoms with E-state index in [1.165, 1.54) is 24.5 Å². The highest BCUT2D eigenvalue weighted by atomic mass is 19.4. The van der Waals surface area contributed by atoms with Crippen LogP contribution in [0.5, 0.6) is 5.75 Å². The minimum Gasteiger partial charge on any atom is -0.483 e. The molecule has 1 aromatic heterocycles. The van der Waals surface area contributed by atoms with E-state index in [9.17, 15) is 13.2 Å². The first-order valence-corrected chi connectivity index (χ1v) is 5.27. The van der Waals surface area contributed by atoms with Crippen molar-refractivity contribution in [3.8, 4) is 23.1 Å². The third-order valence-corrected chi connectivity index (χ3v) is 2.30. The Morgan fingerprint density at radius 2 is 2.05 bits per heavy atom. The molecular formula is C13H8F3NO2. The molecule has 0 saturated heterocycles. The zero-order valence-electron chi connectivity index (χ0n) is 9.57. The number of nitrogens with zero attached hydrogens (tertiary/aromatic N) is 1. The molecule has 6 heteroatoms. The van der Waals surface area contributed by atoms with E-state index in [1.54, 1.807) is 18.2 Å². The first-order chi connectivity index (χ1) is 8.99. The van der Waals surface area contributed by atoms with Crippen LogP contribution >= 0.6 is 0 Å². The van der Waals surface area contributed by atoms with E-state index in [2.05, 4.69) is 4.74 Å². The Labute approximate surface area is 106 Å². The quantitative estimate of drug-likeness (QED) is 0.850. The first-order valence-electron chi connectivity index (χ1n) is 5.27. The van der Waals surface area contributed by atoms with Gasteiger partial charge >= 0.3 is 6.18 Å². The molecule has 1 heterocycles. The molecule has 1 aromatic carbocycles. The maximum absolute atomic E-state index is 12.1. The van der Waals surface area contributed by atoms with Gasteiger partial charge in [0.15, 0.2) is 6.61 Å². The predicted molar refractivity (Wildman–Crippen MR) is 60.4 cm³/mol. The number of ether oxygens (including phenoxy) is 1. The summed E-state index contributed by atoms with van der Waals surface area (Å²) < 4.78 is 45.9. The Morgan fingerprint density at radius 1 is 1.26 bits per heavy atom. The van der Waals surface area contributed by atoms with Gasteiger partial charge in [-0.2, -0.15) is 18.4 Å². The number of alkyl halides is 3. The Kier molecular flexibility index (Phi) is 3.47. The number of rotatable bonds is 3. The van der Waals surface area contributed by atoms with Crippen molar-refractivity contribution in [2.45, 2.75) is 6.18 Å². The zero-order valence-corrected chi connectivity index (χ0v) is 9.57. The summed E-state index contributed by atoms with van der Waals surface area (Å²) in [5.74, 6) is 0.425. The van der Waals surface area contributed by atoms with Crippen molar-refractivity contribution in [1.29, 1.82) is 5.26 Å². The van der Waals surface area contributed by atoms with Crippen molar-refractivity contribution in [2.24, 2.45) is 0 Å². The van der Waals surface area contributed by atoms with E-state index >= 15 is 0 Å². The van der Waals surface area contributed by atoms with Gasteiger partial charge in [0.2, 0.25) is 0 Å². The van der Waals surface area contributed by atoms with Gasteiger partial charge in [0, 0.05) is 5.56 Å². The molecule has 0 fully saturated rings. The summed E-state index contributed by atoms with van der Waals surface area (Å²) in [6, 6.07) is 9.44. The summed E-state index contributed by atoms with van der Waals surface area (Å²) in [6.45, 7) is -1.43. The van der Waals surface area contributed by atoms with Gasteiger partial charge in [0.1, 0.15) is 17.6 Å². The molecule has 19 heavy (non-hydrogen) atoms. The van der Waals surface area contributed by atoms with Crippen molar-refractivity contribution in [1.82, 2.24) is 0 Å². The minimum atomic E-state index is -4.44. The van der Waals surface area contributed by atoms with E-state index in [4.69, 9.17) is 9.68 Å². The summed E-state index contributed by atoms with van der Waals surface area (Å²) in [4.78, 5) is 0. The largest absolute Gasteiger partial charge is 0.483 e. The fourth-order valence-electron chi connectivity index (χ4n) is 1.50. The molecular weight excluding hydrogens is 259 g/mol. The molecule has 0 aliphatic carbocycles. The Bertz CT molecular complexity index is 597. The first kappa shape index (κ1) is 13.0. The topological polar surface area (TPSA) is 46.2 Å². The van der Waals surface area contributed by atoms with E-state index in [0.29, 0.717) is 11.3 Å². The van der Waals surface area contributed by atoms with Crippen LogP contribution in [0.25, 0.3) is 11.3 Å². The predicted octanol–water partition coefficient (Wildman–Crippen LogP) is 3.76. The molecule has 3 nitrogen and oxygen atoms in total. The van der Waals surface area contributed by atoms with Gasteiger partial charge in [0.05, 0.1) is 11.8 Å². The highest BCUT2D eigenvalue weighted by molar-refractivity contribution is 5.62. The number of nitriles is 1. The van der Waals surface area contributed by atoms with Crippen LogP contribution in [-0.2, 0) is 0 Å². The highest BCUT2D eigenvalue weighted by Gasteiger charge is 2.28. The second-order valence-electron chi connectivity index (χ2n) is 3.70. The maximum atomic E-state index is 12.1. The molecule has 0 radical (unpaired) electrons. The van der Waals surface area contributed by atoms with Crippen molar-refractivity contribution in [2.75, 3.05) is 6.61 Å². The lowest BCUT2D eigenvalue weighted by atomic mass is 10.1. The van der Waals surface area contributed by atoms with Gasteiger partial charge in [-0.3, -0.25) is 0 Å².